The summed E-state index contributed by atoms with van der Waals surface area (Å²) in [6, 6.07) is 9.52. The SMILES string of the molecule is CN(SCc1ccccc1)C(N)=O. The first-order valence-electron chi connectivity index (χ1n) is 3.90. The smallest absolute Gasteiger partial charge is 0.324 e. The van der Waals surface area contributed by atoms with Gasteiger partial charge in [-0.05, 0) is 17.5 Å². The van der Waals surface area contributed by atoms with Crippen molar-refractivity contribution in [2.45, 2.75) is 5.75 Å². The molecule has 1 rings (SSSR count). The van der Waals surface area contributed by atoms with Crippen LogP contribution in [0.4, 0.5) is 4.79 Å². The van der Waals surface area contributed by atoms with Gasteiger partial charge in [-0.15, -0.1) is 0 Å². The molecule has 1 aromatic rings. The maximum absolute atomic E-state index is 10.6. The number of hydrogen-bond donors (Lipinski definition) is 1. The van der Waals surface area contributed by atoms with E-state index in [0.29, 0.717) is 0 Å². The Kier molecular flexibility index (Phi) is 3.64. The van der Waals surface area contributed by atoms with Crippen LogP contribution >= 0.6 is 11.9 Å². The highest BCUT2D eigenvalue weighted by Gasteiger charge is 2.02. The van der Waals surface area contributed by atoms with Crippen LogP contribution in [0.15, 0.2) is 30.3 Å². The molecular formula is C9H12N2OS. The quantitative estimate of drug-likeness (QED) is 0.750. The second-order valence-corrected chi connectivity index (χ2v) is 3.69. The first-order chi connectivity index (χ1) is 6.20. The molecule has 0 atom stereocenters. The number of nitrogens with zero attached hydrogens (tertiary/aromatic N) is 1. The fraction of sp³-hybridized carbons (Fsp3) is 0.222. The summed E-state index contributed by atoms with van der Waals surface area (Å²) in [6.07, 6.45) is 0. The van der Waals surface area contributed by atoms with E-state index in [2.05, 4.69) is 0 Å². The Labute approximate surface area is 82.0 Å². The molecule has 0 saturated heterocycles. The van der Waals surface area contributed by atoms with Gasteiger partial charge in [0.15, 0.2) is 0 Å². The minimum absolute atomic E-state index is 0.416. The van der Waals surface area contributed by atoms with Gasteiger partial charge in [0, 0.05) is 12.8 Å². The summed E-state index contributed by atoms with van der Waals surface area (Å²) < 4.78 is 1.42. The summed E-state index contributed by atoms with van der Waals surface area (Å²) in [5.74, 6) is 0.764. The fourth-order valence-electron chi connectivity index (χ4n) is 0.809. The number of rotatable bonds is 3. The third kappa shape index (κ3) is 3.38. The summed E-state index contributed by atoms with van der Waals surface area (Å²) >= 11 is 1.40. The van der Waals surface area contributed by atoms with Gasteiger partial charge in [0.25, 0.3) is 0 Å². The first-order valence-corrected chi connectivity index (χ1v) is 4.84. The first kappa shape index (κ1) is 9.92. The van der Waals surface area contributed by atoms with E-state index in [0.717, 1.165) is 5.75 Å². The number of benzene rings is 1. The molecule has 0 aliphatic heterocycles. The minimum atomic E-state index is -0.416. The number of primary amides is 1. The van der Waals surface area contributed by atoms with Crippen LogP contribution in [0.1, 0.15) is 5.56 Å². The number of amides is 2. The number of nitrogens with two attached hydrogens (primary N) is 1. The molecule has 3 nitrogen and oxygen atoms in total. The van der Waals surface area contributed by atoms with E-state index in [1.165, 1.54) is 21.8 Å². The molecule has 0 spiro atoms. The third-order valence-electron chi connectivity index (χ3n) is 1.58. The van der Waals surface area contributed by atoms with Crippen molar-refractivity contribution in [3.63, 3.8) is 0 Å². The average Bonchev–Trinajstić information content (AvgIpc) is 2.15. The number of urea groups is 1. The van der Waals surface area contributed by atoms with Gasteiger partial charge in [0.2, 0.25) is 0 Å². The lowest BCUT2D eigenvalue weighted by atomic mass is 10.2. The second-order valence-electron chi connectivity index (χ2n) is 2.59. The summed E-state index contributed by atoms with van der Waals surface area (Å²) in [5, 5.41) is 0. The van der Waals surface area contributed by atoms with Gasteiger partial charge in [-0.25, -0.2) is 4.79 Å². The summed E-state index contributed by atoms with van der Waals surface area (Å²) in [5.41, 5.74) is 6.25. The molecule has 4 heteroatoms. The average molecular weight is 196 g/mol. The van der Waals surface area contributed by atoms with Crippen LogP contribution in [0.25, 0.3) is 0 Å². The zero-order valence-corrected chi connectivity index (χ0v) is 8.25. The zero-order chi connectivity index (χ0) is 9.68. The van der Waals surface area contributed by atoms with Gasteiger partial charge in [-0.3, -0.25) is 4.31 Å². The molecular weight excluding hydrogens is 184 g/mol. The maximum atomic E-state index is 10.6. The Morgan fingerprint density at radius 3 is 2.62 bits per heavy atom. The number of carbonyl (C=O) groups excluding carboxylic acids is 1. The Morgan fingerprint density at radius 2 is 2.08 bits per heavy atom. The Hall–Kier alpha value is -1.16. The topological polar surface area (TPSA) is 46.3 Å². The van der Waals surface area contributed by atoms with E-state index in [4.69, 9.17) is 5.73 Å². The van der Waals surface area contributed by atoms with Crippen molar-refractivity contribution < 1.29 is 4.79 Å². The van der Waals surface area contributed by atoms with E-state index in [1.54, 1.807) is 7.05 Å². The van der Waals surface area contributed by atoms with Crippen LogP contribution in [-0.4, -0.2) is 17.4 Å². The largest absolute Gasteiger partial charge is 0.351 e. The molecule has 70 valence electrons. The summed E-state index contributed by atoms with van der Waals surface area (Å²) in [7, 11) is 1.66. The highest BCUT2D eigenvalue weighted by molar-refractivity contribution is 7.96. The van der Waals surface area contributed by atoms with Crippen molar-refractivity contribution in [3.8, 4) is 0 Å². The van der Waals surface area contributed by atoms with Crippen LogP contribution in [0, 0.1) is 0 Å². The monoisotopic (exact) mass is 196 g/mol. The number of hydrogen-bond acceptors (Lipinski definition) is 2. The second kappa shape index (κ2) is 4.77. The molecule has 0 aliphatic rings. The molecule has 0 aliphatic carbocycles. The van der Waals surface area contributed by atoms with Gasteiger partial charge >= 0.3 is 6.03 Å². The predicted octanol–water partition coefficient (Wildman–Crippen LogP) is 1.85. The molecule has 1 aromatic carbocycles. The van der Waals surface area contributed by atoms with E-state index in [9.17, 15) is 4.79 Å². The van der Waals surface area contributed by atoms with Crippen LogP contribution in [0.3, 0.4) is 0 Å². The van der Waals surface area contributed by atoms with Crippen molar-refractivity contribution in [1.82, 2.24) is 4.31 Å². The van der Waals surface area contributed by atoms with Crippen LogP contribution in [0.5, 0.6) is 0 Å². The molecule has 0 bridgehead atoms. The molecule has 0 unspecified atom stereocenters. The molecule has 2 amide bonds. The van der Waals surface area contributed by atoms with Crippen molar-refractivity contribution in [1.29, 1.82) is 0 Å². The van der Waals surface area contributed by atoms with Crippen LogP contribution in [0.2, 0.25) is 0 Å². The summed E-state index contributed by atoms with van der Waals surface area (Å²) in [6.45, 7) is 0. The Balaban J connectivity index is 2.39. The van der Waals surface area contributed by atoms with E-state index in [1.807, 2.05) is 30.3 Å². The normalized spacial score (nSPS) is 9.62. The lowest BCUT2D eigenvalue weighted by Gasteiger charge is -2.11. The zero-order valence-electron chi connectivity index (χ0n) is 7.43. The van der Waals surface area contributed by atoms with Gasteiger partial charge in [0.05, 0.1) is 0 Å². The highest BCUT2D eigenvalue weighted by Crippen LogP contribution is 2.14. The Bertz CT molecular complexity index is 276. The third-order valence-corrected chi connectivity index (χ3v) is 2.61. The molecule has 13 heavy (non-hydrogen) atoms. The van der Waals surface area contributed by atoms with E-state index >= 15 is 0 Å². The molecule has 0 fully saturated rings. The highest BCUT2D eigenvalue weighted by atomic mass is 32.2. The van der Waals surface area contributed by atoms with Gasteiger partial charge in [0.1, 0.15) is 0 Å². The van der Waals surface area contributed by atoms with Crippen molar-refractivity contribution in [2.75, 3.05) is 7.05 Å². The van der Waals surface area contributed by atoms with Crippen molar-refractivity contribution in [3.05, 3.63) is 35.9 Å². The van der Waals surface area contributed by atoms with E-state index < -0.39 is 6.03 Å². The molecule has 0 aromatic heterocycles. The fourth-order valence-corrected chi connectivity index (χ4v) is 1.47. The lowest BCUT2D eigenvalue weighted by Crippen LogP contribution is -2.25. The molecule has 0 heterocycles. The van der Waals surface area contributed by atoms with Crippen molar-refractivity contribution >= 4 is 18.0 Å². The molecule has 0 radical (unpaired) electrons. The van der Waals surface area contributed by atoms with Gasteiger partial charge < -0.3 is 5.73 Å². The lowest BCUT2D eigenvalue weighted by molar-refractivity contribution is 0.239. The Morgan fingerprint density at radius 1 is 1.46 bits per heavy atom. The molecule has 2 N–H and O–H groups in total. The summed E-state index contributed by atoms with van der Waals surface area (Å²) in [4.78, 5) is 10.6. The standard InChI is InChI=1S/C9H12N2OS/c1-11(9(10)12)13-7-8-5-3-2-4-6-8/h2-6H,7H2,1H3,(H2,10,12). The van der Waals surface area contributed by atoms with Crippen LogP contribution < -0.4 is 5.73 Å². The van der Waals surface area contributed by atoms with Crippen LogP contribution in [-0.2, 0) is 5.75 Å². The van der Waals surface area contributed by atoms with Crippen molar-refractivity contribution in [2.24, 2.45) is 5.73 Å². The van der Waals surface area contributed by atoms with Gasteiger partial charge in [-0.2, -0.15) is 0 Å². The number of carbonyl (C=O) groups is 1. The van der Waals surface area contributed by atoms with Gasteiger partial charge in [-0.1, -0.05) is 30.3 Å². The maximum Gasteiger partial charge on any atom is 0.324 e. The minimum Gasteiger partial charge on any atom is -0.351 e. The predicted molar refractivity (Wildman–Crippen MR) is 55.1 cm³/mol. The molecule has 0 saturated carbocycles. The van der Waals surface area contributed by atoms with E-state index in [-0.39, 0.29) is 0 Å².